The number of hydrogen-bond donors (Lipinski definition) is 0. The van der Waals surface area contributed by atoms with Gasteiger partial charge in [0.25, 0.3) is 0 Å². The molecule has 1 heterocycles. The zero-order chi connectivity index (χ0) is 10.4. The van der Waals surface area contributed by atoms with E-state index in [-0.39, 0.29) is 5.97 Å². The van der Waals surface area contributed by atoms with Gasteiger partial charge < -0.3 is 9.30 Å². The number of carbonyl (C=O) groups excluding carboxylic acids is 1. The smallest absolute Gasteiger partial charge is 0.354 e. The highest BCUT2D eigenvalue weighted by Gasteiger charge is 2.10. The second kappa shape index (κ2) is 5.07. The first-order valence-electron chi connectivity index (χ1n) is 4.48. The Labute approximate surface area is 82.7 Å². The number of aromatic nitrogens is 1. The Kier molecular flexibility index (Phi) is 3.74. The number of aryl methyl sites for hydroxylation is 1. The lowest BCUT2D eigenvalue weighted by Gasteiger charge is -2.05. The summed E-state index contributed by atoms with van der Waals surface area (Å²) in [5.41, 5.74) is 0.502. The van der Waals surface area contributed by atoms with Gasteiger partial charge in [0, 0.05) is 12.7 Å². The lowest BCUT2D eigenvalue weighted by Crippen LogP contribution is -2.11. The van der Waals surface area contributed by atoms with E-state index in [9.17, 15) is 4.79 Å². The molecular formula is C10H12N2O2. The fourth-order valence-corrected chi connectivity index (χ4v) is 1.17. The predicted octanol–water partition coefficient (Wildman–Crippen LogP) is 1.58. The minimum atomic E-state index is -0.338. The molecule has 0 saturated heterocycles. The van der Waals surface area contributed by atoms with E-state index in [1.165, 1.54) is 0 Å². The summed E-state index contributed by atoms with van der Waals surface area (Å²) in [6.45, 7) is 2.65. The first-order valence-corrected chi connectivity index (χ1v) is 4.48. The van der Waals surface area contributed by atoms with Crippen molar-refractivity contribution >= 4 is 5.97 Å². The Hall–Kier alpha value is -1.76. The first kappa shape index (κ1) is 10.3. The third kappa shape index (κ3) is 2.36. The van der Waals surface area contributed by atoms with Crippen LogP contribution in [0.1, 0.15) is 23.8 Å². The maximum absolute atomic E-state index is 11.4. The average molecular weight is 192 g/mol. The molecule has 1 aromatic rings. The summed E-state index contributed by atoms with van der Waals surface area (Å²) in [6.07, 6.45) is 2.16. The van der Waals surface area contributed by atoms with Crippen molar-refractivity contribution in [1.29, 1.82) is 5.26 Å². The maximum atomic E-state index is 11.4. The molecule has 1 rings (SSSR count). The number of rotatable bonds is 4. The molecule has 0 bridgehead atoms. The Morgan fingerprint density at radius 1 is 1.71 bits per heavy atom. The van der Waals surface area contributed by atoms with Crippen LogP contribution in [0.15, 0.2) is 18.3 Å². The molecule has 0 radical (unpaired) electrons. The molecule has 0 spiro atoms. The minimum absolute atomic E-state index is 0.338. The van der Waals surface area contributed by atoms with E-state index in [4.69, 9.17) is 10.00 Å². The van der Waals surface area contributed by atoms with Crippen molar-refractivity contribution in [2.24, 2.45) is 0 Å². The molecule has 1 aromatic heterocycles. The summed E-state index contributed by atoms with van der Waals surface area (Å²) < 4.78 is 6.59. The van der Waals surface area contributed by atoms with E-state index in [1.807, 2.05) is 6.07 Å². The van der Waals surface area contributed by atoms with Crippen molar-refractivity contribution in [3.05, 3.63) is 24.0 Å². The lowest BCUT2D eigenvalue weighted by atomic mass is 10.4. The molecule has 74 valence electrons. The number of hydrogen-bond acceptors (Lipinski definition) is 3. The molecule has 0 aliphatic heterocycles. The summed E-state index contributed by atoms with van der Waals surface area (Å²) >= 11 is 0. The number of esters is 1. The zero-order valence-electron chi connectivity index (χ0n) is 8.06. The Morgan fingerprint density at radius 3 is 3.14 bits per heavy atom. The summed E-state index contributed by atoms with van der Waals surface area (Å²) in [5, 5.41) is 8.42. The fraction of sp³-hybridized carbons (Fsp3) is 0.400. The van der Waals surface area contributed by atoms with Gasteiger partial charge in [0.05, 0.1) is 19.1 Å². The Bertz CT molecular complexity index is 349. The number of carbonyl (C=O) groups is 1. The third-order valence-corrected chi connectivity index (χ3v) is 1.78. The van der Waals surface area contributed by atoms with Gasteiger partial charge in [-0.2, -0.15) is 5.26 Å². The van der Waals surface area contributed by atoms with Gasteiger partial charge in [-0.05, 0) is 19.1 Å². The second-order valence-electron chi connectivity index (χ2n) is 2.72. The van der Waals surface area contributed by atoms with Gasteiger partial charge in [-0.25, -0.2) is 4.79 Å². The molecule has 4 nitrogen and oxygen atoms in total. The minimum Gasteiger partial charge on any atom is -0.461 e. The number of nitriles is 1. The molecule has 0 aromatic carbocycles. The topological polar surface area (TPSA) is 55.0 Å². The van der Waals surface area contributed by atoms with E-state index in [2.05, 4.69) is 0 Å². The van der Waals surface area contributed by atoms with Crippen LogP contribution in [-0.4, -0.2) is 17.1 Å². The van der Waals surface area contributed by atoms with Crippen LogP contribution in [0.25, 0.3) is 0 Å². The molecule has 4 heteroatoms. The van der Waals surface area contributed by atoms with Crippen molar-refractivity contribution in [2.75, 3.05) is 6.61 Å². The summed E-state index contributed by atoms with van der Waals surface area (Å²) in [7, 11) is 0. The van der Waals surface area contributed by atoms with Crippen molar-refractivity contribution in [3.63, 3.8) is 0 Å². The van der Waals surface area contributed by atoms with Crippen LogP contribution in [0, 0.1) is 11.3 Å². The van der Waals surface area contributed by atoms with Crippen LogP contribution < -0.4 is 0 Å². The largest absolute Gasteiger partial charge is 0.461 e. The van der Waals surface area contributed by atoms with Crippen LogP contribution in [0.3, 0.4) is 0 Å². The summed E-state index contributed by atoms with van der Waals surface area (Å²) in [5.74, 6) is -0.338. The molecule has 0 atom stereocenters. The molecule has 0 unspecified atom stereocenters. The molecule has 14 heavy (non-hydrogen) atoms. The van der Waals surface area contributed by atoms with Gasteiger partial charge in [-0.1, -0.05) is 0 Å². The van der Waals surface area contributed by atoms with Gasteiger partial charge in [-0.3, -0.25) is 0 Å². The van der Waals surface area contributed by atoms with E-state index >= 15 is 0 Å². The maximum Gasteiger partial charge on any atom is 0.354 e. The quantitative estimate of drug-likeness (QED) is 0.680. The first-order chi connectivity index (χ1) is 6.79. The highest BCUT2D eigenvalue weighted by atomic mass is 16.5. The summed E-state index contributed by atoms with van der Waals surface area (Å²) in [6, 6.07) is 5.49. The standard InChI is InChI=1S/C10H12N2O2/c1-2-14-10(13)9-5-3-7-12(9)8-4-6-11/h3,5,7H,2,4,8H2,1H3. The monoisotopic (exact) mass is 192 g/mol. The van der Waals surface area contributed by atoms with Crippen LogP contribution >= 0.6 is 0 Å². The second-order valence-corrected chi connectivity index (χ2v) is 2.72. The molecule has 0 aliphatic rings. The molecular weight excluding hydrogens is 180 g/mol. The average Bonchev–Trinajstić information content (AvgIpc) is 2.63. The van der Waals surface area contributed by atoms with Crippen LogP contribution in [-0.2, 0) is 11.3 Å². The Balaban J connectivity index is 2.72. The van der Waals surface area contributed by atoms with Crippen molar-refractivity contribution < 1.29 is 9.53 Å². The van der Waals surface area contributed by atoms with Crippen molar-refractivity contribution in [2.45, 2.75) is 19.9 Å². The SMILES string of the molecule is CCOC(=O)c1cccn1CCC#N. The fourth-order valence-electron chi connectivity index (χ4n) is 1.17. The van der Waals surface area contributed by atoms with Gasteiger partial charge in [-0.15, -0.1) is 0 Å². The lowest BCUT2D eigenvalue weighted by molar-refractivity contribution is 0.0514. The highest BCUT2D eigenvalue weighted by molar-refractivity contribution is 5.87. The highest BCUT2D eigenvalue weighted by Crippen LogP contribution is 2.05. The predicted molar refractivity (Wildman–Crippen MR) is 50.6 cm³/mol. The van der Waals surface area contributed by atoms with E-state index < -0.39 is 0 Å². The van der Waals surface area contributed by atoms with Crippen molar-refractivity contribution in [1.82, 2.24) is 4.57 Å². The van der Waals surface area contributed by atoms with Gasteiger partial charge >= 0.3 is 5.97 Å². The molecule has 0 aliphatic carbocycles. The van der Waals surface area contributed by atoms with E-state index in [0.717, 1.165) is 0 Å². The van der Waals surface area contributed by atoms with Gasteiger partial charge in [0.2, 0.25) is 0 Å². The normalized spacial score (nSPS) is 9.43. The summed E-state index contributed by atoms with van der Waals surface area (Å²) in [4.78, 5) is 11.4. The Morgan fingerprint density at radius 2 is 2.50 bits per heavy atom. The zero-order valence-corrected chi connectivity index (χ0v) is 8.06. The van der Waals surface area contributed by atoms with Gasteiger partial charge in [0.15, 0.2) is 0 Å². The van der Waals surface area contributed by atoms with E-state index in [0.29, 0.717) is 25.3 Å². The van der Waals surface area contributed by atoms with E-state index in [1.54, 1.807) is 29.8 Å². The molecule has 0 saturated carbocycles. The van der Waals surface area contributed by atoms with Gasteiger partial charge in [0.1, 0.15) is 5.69 Å². The molecule has 0 N–H and O–H groups in total. The van der Waals surface area contributed by atoms with Crippen LogP contribution in [0.2, 0.25) is 0 Å². The number of ether oxygens (including phenoxy) is 1. The molecule has 0 fully saturated rings. The van der Waals surface area contributed by atoms with Crippen molar-refractivity contribution in [3.8, 4) is 6.07 Å². The van der Waals surface area contributed by atoms with Crippen LogP contribution in [0.4, 0.5) is 0 Å². The number of nitrogens with zero attached hydrogens (tertiary/aromatic N) is 2. The molecule has 0 amide bonds. The van der Waals surface area contributed by atoms with Crippen LogP contribution in [0.5, 0.6) is 0 Å². The third-order valence-electron chi connectivity index (χ3n) is 1.78.